The van der Waals surface area contributed by atoms with E-state index in [0.717, 1.165) is 16.8 Å². The lowest BCUT2D eigenvalue weighted by Crippen LogP contribution is -2.23. The molecule has 8 heteroatoms. The van der Waals surface area contributed by atoms with Crippen molar-refractivity contribution in [3.8, 4) is 0 Å². The number of benzene rings is 1. The molecule has 0 spiro atoms. The summed E-state index contributed by atoms with van der Waals surface area (Å²) in [4.78, 5) is 11.7. The third-order valence-corrected chi connectivity index (χ3v) is 3.28. The van der Waals surface area contributed by atoms with E-state index in [-0.39, 0.29) is 22.2 Å². The third kappa shape index (κ3) is 3.13. The first-order valence-electron chi connectivity index (χ1n) is 5.36. The van der Waals surface area contributed by atoms with Gasteiger partial charge in [0.05, 0.1) is 23.3 Å². The Morgan fingerprint density at radius 1 is 1.25 bits per heavy atom. The Morgan fingerprint density at radius 3 is 2.60 bits per heavy atom. The molecule has 0 saturated carbocycles. The molecule has 0 aliphatic heterocycles. The molecule has 0 atom stereocenters. The molecule has 1 aromatic heterocycles. The first-order chi connectivity index (χ1) is 9.29. The molecule has 0 radical (unpaired) electrons. The summed E-state index contributed by atoms with van der Waals surface area (Å²) in [6.07, 6.45) is -3.27. The Hall–Kier alpha value is -1.53. The van der Waals surface area contributed by atoms with Gasteiger partial charge in [0.2, 0.25) is 0 Å². The number of alkyl halides is 3. The molecule has 1 aromatic carbocycles. The van der Waals surface area contributed by atoms with Gasteiger partial charge in [-0.25, -0.2) is 4.68 Å². The predicted molar refractivity (Wildman–Crippen MR) is 69.1 cm³/mol. The van der Waals surface area contributed by atoms with Gasteiger partial charge < -0.3 is 0 Å². The molecule has 0 bridgehead atoms. The van der Waals surface area contributed by atoms with Gasteiger partial charge in [0.1, 0.15) is 5.02 Å². The fraction of sp³-hybridized carbons (Fsp3) is 0.167. The molecule has 2 rings (SSSR count). The maximum absolute atomic E-state index is 12.6. The standard InChI is InChI=1S/C12H7Cl2F3N2O/c13-9-5-18-19(11(20)10(9)14)6-7-2-1-3-8(4-7)12(15,16)17/h1-5H,6H2. The number of hydrogen-bond acceptors (Lipinski definition) is 2. The summed E-state index contributed by atoms with van der Waals surface area (Å²) >= 11 is 11.3. The summed E-state index contributed by atoms with van der Waals surface area (Å²) in [6, 6.07) is 4.64. The number of hydrogen-bond donors (Lipinski definition) is 0. The molecule has 0 amide bonds. The summed E-state index contributed by atoms with van der Waals surface area (Å²) in [7, 11) is 0. The Kier molecular flexibility index (Phi) is 4.06. The van der Waals surface area contributed by atoms with Crippen LogP contribution in [0.5, 0.6) is 0 Å². The second-order valence-electron chi connectivity index (χ2n) is 3.97. The Morgan fingerprint density at radius 2 is 1.95 bits per heavy atom. The quantitative estimate of drug-likeness (QED) is 0.846. The van der Waals surface area contributed by atoms with Crippen LogP contribution in [0.3, 0.4) is 0 Å². The van der Waals surface area contributed by atoms with E-state index in [0.29, 0.717) is 0 Å². The molecule has 106 valence electrons. The highest BCUT2D eigenvalue weighted by molar-refractivity contribution is 6.41. The predicted octanol–water partition coefficient (Wildman–Crippen LogP) is 3.62. The van der Waals surface area contributed by atoms with E-state index in [1.165, 1.54) is 18.3 Å². The van der Waals surface area contributed by atoms with Crippen molar-refractivity contribution in [3.63, 3.8) is 0 Å². The maximum atomic E-state index is 12.6. The van der Waals surface area contributed by atoms with Crippen molar-refractivity contribution < 1.29 is 13.2 Å². The van der Waals surface area contributed by atoms with Crippen LogP contribution in [0.25, 0.3) is 0 Å². The van der Waals surface area contributed by atoms with Crippen LogP contribution in [0, 0.1) is 0 Å². The summed E-state index contributed by atoms with van der Waals surface area (Å²) < 4.78 is 38.7. The molecule has 1 heterocycles. The zero-order valence-electron chi connectivity index (χ0n) is 9.79. The van der Waals surface area contributed by atoms with Gasteiger partial charge in [-0.1, -0.05) is 35.3 Å². The smallest absolute Gasteiger partial charge is 0.266 e. The SMILES string of the molecule is O=c1c(Cl)c(Cl)cnn1Cc1cccc(C(F)(F)F)c1. The van der Waals surface area contributed by atoms with Crippen LogP contribution >= 0.6 is 23.2 Å². The van der Waals surface area contributed by atoms with Crippen molar-refractivity contribution in [1.29, 1.82) is 0 Å². The number of rotatable bonds is 2. The lowest BCUT2D eigenvalue weighted by atomic mass is 10.1. The molecule has 0 aliphatic carbocycles. The molecular weight excluding hydrogens is 316 g/mol. The van der Waals surface area contributed by atoms with Gasteiger partial charge in [0.15, 0.2) is 0 Å². The van der Waals surface area contributed by atoms with Crippen molar-refractivity contribution in [1.82, 2.24) is 9.78 Å². The zero-order valence-corrected chi connectivity index (χ0v) is 11.3. The molecular formula is C12H7Cl2F3N2O. The number of halogens is 5. The fourth-order valence-corrected chi connectivity index (χ4v) is 1.85. The van der Waals surface area contributed by atoms with E-state index in [1.54, 1.807) is 0 Å². The minimum absolute atomic E-state index is 0.00282. The summed E-state index contributed by atoms with van der Waals surface area (Å²) in [6.45, 7) is -0.125. The van der Waals surface area contributed by atoms with Gasteiger partial charge in [-0.3, -0.25) is 4.79 Å². The topological polar surface area (TPSA) is 34.9 Å². The molecule has 0 aliphatic rings. The minimum atomic E-state index is -4.44. The molecule has 20 heavy (non-hydrogen) atoms. The van der Waals surface area contributed by atoms with E-state index in [1.807, 2.05) is 0 Å². The highest BCUT2D eigenvalue weighted by atomic mass is 35.5. The highest BCUT2D eigenvalue weighted by Gasteiger charge is 2.30. The van der Waals surface area contributed by atoms with Gasteiger partial charge in [0.25, 0.3) is 5.56 Å². The van der Waals surface area contributed by atoms with Gasteiger partial charge >= 0.3 is 6.18 Å². The third-order valence-electron chi connectivity index (χ3n) is 2.53. The second kappa shape index (κ2) is 5.46. The van der Waals surface area contributed by atoms with Crippen molar-refractivity contribution in [3.05, 3.63) is 62.0 Å². The average molecular weight is 323 g/mol. The Bertz CT molecular complexity index is 698. The van der Waals surface area contributed by atoms with Gasteiger partial charge in [-0.15, -0.1) is 0 Å². The van der Waals surface area contributed by atoms with Crippen LogP contribution in [0.1, 0.15) is 11.1 Å². The van der Waals surface area contributed by atoms with E-state index in [4.69, 9.17) is 23.2 Å². The minimum Gasteiger partial charge on any atom is -0.266 e. The normalized spacial score (nSPS) is 11.7. The first-order valence-corrected chi connectivity index (χ1v) is 6.12. The fourth-order valence-electron chi connectivity index (χ4n) is 1.58. The van der Waals surface area contributed by atoms with Crippen molar-refractivity contribution in [2.45, 2.75) is 12.7 Å². The zero-order chi connectivity index (χ0) is 14.9. The largest absolute Gasteiger partial charge is 0.416 e. The summed E-state index contributed by atoms with van der Waals surface area (Å²) in [5, 5.41) is 3.52. The van der Waals surface area contributed by atoms with E-state index < -0.39 is 17.3 Å². The summed E-state index contributed by atoms with van der Waals surface area (Å²) in [5.41, 5.74) is -1.16. The Labute approximate surface area is 121 Å². The lowest BCUT2D eigenvalue weighted by molar-refractivity contribution is -0.137. The van der Waals surface area contributed by atoms with Crippen LogP contribution in [0.15, 0.2) is 35.3 Å². The maximum Gasteiger partial charge on any atom is 0.416 e. The van der Waals surface area contributed by atoms with E-state index in [2.05, 4.69) is 5.10 Å². The molecule has 3 nitrogen and oxygen atoms in total. The van der Waals surface area contributed by atoms with Gasteiger partial charge in [-0.05, 0) is 17.7 Å². The van der Waals surface area contributed by atoms with Gasteiger partial charge in [-0.2, -0.15) is 18.3 Å². The Balaban J connectivity index is 2.36. The molecule has 0 fully saturated rings. The van der Waals surface area contributed by atoms with E-state index >= 15 is 0 Å². The molecule has 0 N–H and O–H groups in total. The van der Waals surface area contributed by atoms with Crippen LogP contribution in [0.4, 0.5) is 13.2 Å². The van der Waals surface area contributed by atoms with Crippen LogP contribution < -0.4 is 5.56 Å². The van der Waals surface area contributed by atoms with Gasteiger partial charge in [0, 0.05) is 0 Å². The molecule has 0 saturated heterocycles. The molecule has 2 aromatic rings. The summed E-state index contributed by atoms with van der Waals surface area (Å²) in [5.74, 6) is 0. The monoisotopic (exact) mass is 322 g/mol. The number of nitrogens with zero attached hydrogens (tertiary/aromatic N) is 2. The average Bonchev–Trinajstić information content (AvgIpc) is 2.39. The van der Waals surface area contributed by atoms with Crippen molar-refractivity contribution in [2.24, 2.45) is 0 Å². The number of aromatic nitrogens is 2. The van der Waals surface area contributed by atoms with Crippen molar-refractivity contribution >= 4 is 23.2 Å². The lowest BCUT2D eigenvalue weighted by Gasteiger charge is -2.09. The second-order valence-corrected chi connectivity index (χ2v) is 4.75. The van der Waals surface area contributed by atoms with Crippen molar-refractivity contribution in [2.75, 3.05) is 0 Å². The van der Waals surface area contributed by atoms with Crippen LogP contribution in [-0.2, 0) is 12.7 Å². The van der Waals surface area contributed by atoms with E-state index in [9.17, 15) is 18.0 Å². The van der Waals surface area contributed by atoms with Crippen LogP contribution in [0.2, 0.25) is 10.0 Å². The highest BCUT2D eigenvalue weighted by Crippen LogP contribution is 2.29. The molecule has 0 unspecified atom stereocenters. The first kappa shape index (κ1) is 14.9. The van der Waals surface area contributed by atoms with Crippen LogP contribution in [-0.4, -0.2) is 9.78 Å².